The summed E-state index contributed by atoms with van der Waals surface area (Å²) < 4.78 is 27.9. The number of aliphatic carboxylic acids is 1. The molecular formula is C21H29NO7. The van der Waals surface area contributed by atoms with Gasteiger partial charge in [0.15, 0.2) is 17.8 Å². The topological polar surface area (TPSA) is 86.7 Å². The van der Waals surface area contributed by atoms with E-state index in [0.29, 0.717) is 43.4 Å². The number of likely N-dealkylation sites (N-methyl/N-ethyl adjacent to an activating group) is 1. The van der Waals surface area contributed by atoms with E-state index in [2.05, 4.69) is 18.7 Å². The predicted molar refractivity (Wildman–Crippen MR) is 103 cm³/mol. The molecule has 0 spiro atoms. The van der Waals surface area contributed by atoms with Crippen molar-refractivity contribution in [2.75, 3.05) is 40.7 Å². The molecule has 29 heavy (non-hydrogen) atoms. The molecular weight excluding hydrogens is 378 g/mol. The molecule has 1 aromatic carbocycles. The number of hydrogen-bond donors (Lipinski definition) is 1. The van der Waals surface area contributed by atoms with Crippen LogP contribution in [0.2, 0.25) is 0 Å². The fraction of sp³-hybridized carbons (Fsp3) is 0.667. The lowest BCUT2D eigenvalue weighted by Crippen LogP contribution is -2.41. The Labute approximate surface area is 170 Å². The Morgan fingerprint density at radius 3 is 2.66 bits per heavy atom. The van der Waals surface area contributed by atoms with Crippen LogP contribution in [0.1, 0.15) is 31.7 Å². The van der Waals surface area contributed by atoms with Crippen molar-refractivity contribution < 1.29 is 33.6 Å². The zero-order chi connectivity index (χ0) is 20.8. The Kier molecular flexibility index (Phi) is 5.35. The largest absolute Gasteiger partial charge is 0.493 e. The molecule has 3 heterocycles. The van der Waals surface area contributed by atoms with E-state index < -0.39 is 11.9 Å². The molecule has 0 saturated carbocycles. The monoisotopic (exact) mass is 407 g/mol. The predicted octanol–water partition coefficient (Wildman–Crippen LogP) is 2.31. The Hall–Kier alpha value is -2.03. The van der Waals surface area contributed by atoms with Gasteiger partial charge in [0.2, 0.25) is 12.5 Å². The zero-order valence-corrected chi connectivity index (χ0v) is 17.3. The number of ether oxygens (including phenoxy) is 5. The number of fused-ring (bicyclic) bond motifs is 1. The normalized spacial score (nSPS) is 27.5. The fourth-order valence-corrected chi connectivity index (χ4v) is 4.84. The van der Waals surface area contributed by atoms with Crippen LogP contribution in [0.5, 0.6) is 17.2 Å². The summed E-state index contributed by atoms with van der Waals surface area (Å²) in [6.07, 6.45) is 0.346. The minimum atomic E-state index is -0.801. The van der Waals surface area contributed by atoms with Crippen molar-refractivity contribution in [3.05, 3.63) is 17.7 Å². The molecule has 4 rings (SSSR count). The Balaban J connectivity index is 1.63. The highest BCUT2D eigenvalue weighted by molar-refractivity contribution is 5.73. The number of carbonyl (C=O) groups is 1. The molecule has 2 saturated heterocycles. The number of carboxylic acids is 1. The number of rotatable bonds is 6. The number of hydrogen-bond acceptors (Lipinski definition) is 7. The third-order valence-electron chi connectivity index (χ3n) is 6.29. The summed E-state index contributed by atoms with van der Waals surface area (Å²) in [5.41, 5.74) is 0.587. The molecule has 2 fully saturated rings. The molecule has 0 radical (unpaired) electrons. The van der Waals surface area contributed by atoms with Gasteiger partial charge < -0.3 is 33.7 Å². The maximum Gasteiger partial charge on any atom is 0.308 e. The minimum Gasteiger partial charge on any atom is -0.493 e. The van der Waals surface area contributed by atoms with Crippen LogP contribution in [0.25, 0.3) is 0 Å². The van der Waals surface area contributed by atoms with E-state index in [1.807, 2.05) is 19.2 Å². The first-order valence-corrected chi connectivity index (χ1v) is 9.95. The summed E-state index contributed by atoms with van der Waals surface area (Å²) in [4.78, 5) is 14.5. The van der Waals surface area contributed by atoms with Gasteiger partial charge in [-0.25, -0.2) is 0 Å². The maximum absolute atomic E-state index is 12.4. The second-order valence-electron chi connectivity index (χ2n) is 8.70. The summed E-state index contributed by atoms with van der Waals surface area (Å²) in [5, 5.41) is 10.1. The Morgan fingerprint density at radius 2 is 2.00 bits per heavy atom. The smallest absolute Gasteiger partial charge is 0.308 e. The molecule has 0 amide bonds. The van der Waals surface area contributed by atoms with Crippen LogP contribution >= 0.6 is 0 Å². The highest BCUT2D eigenvalue weighted by atomic mass is 16.7. The van der Waals surface area contributed by atoms with E-state index in [-0.39, 0.29) is 30.5 Å². The molecule has 3 atom stereocenters. The lowest BCUT2D eigenvalue weighted by molar-refractivity contribution is -0.146. The highest BCUT2D eigenvalue weighted by Crippen LogP contribution is 2.48. The Morgan fingerprint density at radius 1 is 1.28 bits per heavy atom. The number of nitrogens with zero attached hydrogens (tertiary/aromatic N) is 1. The molecule has 0 bridgehead atoms. The van der Waals surface area contributed by atoms with Crippen LogP contribution in [0.15, 0.2) is 12.1 Å². The van der Waals surface area contributed by atoms with Crippen molar-refractivity contribution in [2.45, 2.75) is 38.5 Å². The first kappa shape index (κ1) is 20.3. The summed E-state index contributed by atoms with van der Waals surface area (Å²) in [7, 11) is 3.56. The fourth-order valence-electron chi connectivity index (χ4n) is 4.84. The van der Waals surface area contributed by atoms with E-state index >= 15 is 0 Å². The lowest BCUT2D eigenvalue weighted by atomic mass is 9.77. The molecule has 3 aliphatic heterocycles. The van der Waals surface area contributed by atoms with Crippen molar-refractivity contribution in [2.24, 2.45) is 11.3 Å². The molecule has 0 aromatic heterocycles. The number of carboxylic acid groups (broad SMARTS) is 1. The number of likely N-dealkylation sites (tertiary alicyclic amines) is 1. The molecule has 0 aliphatic carbocycles. The van der Waals surface area contributed by atoms with Gasteiger partial charge in [-0.2, -0.15) is 0 Å². The van der Waals surface area contributed by atoms with Gasteiger partial charge in [-0.15, -0.1) is 0 Å². The van der Waals surface area contributed by atoms with Crippen molar-refractivity contribution in [3.8, 4) is 17.2 Å². The molecule has 8 heteroatoms. The van der Waals surface area contributed by atoms with Crippen LogP contribution in [0, 0.1) is 11.3 Å². The molecule has 1 N–H and O–H groups in total. The van der Waals surface area contributed by atoms with Crippen LogP contribution in [-0.2, 0) is 14.3 Å². The van der Waals surface area contributed by atoms with E-state index in [4.69, 9.17) is 23.7 Å². The summed E-state index contributed by atoms with van der Waals surface area (Å²) in [5.74, 6) is 0.187. The standard InChI is InChI=1S/C21H29NO7/c1-21(2,20-26-5-6-27-20)9-14-17(19(23)24)13(10-22(14)3)12-7-15(25-4)18-16(8-12)28-11-29-18/h7-8,13-14,17,20H,5-6,9-11H2,1-4H3,(H,23,24). The van der Waals surface area contributed by atoms with Gasteiger partial charge in [-0.3, -0.25) is 4.79 Å². The average molecular weight is 407 g/mol. The van der Waals surface area contributed by atoms with E-state index in [1.54, 1.807) is 7.11 Å². The van der Waals surface area contributed by atoms with Crippen LogP contribution in [-0.4, -0.2) is 69.0 Å². The highest BCUT2D eigenvalue weighted by Gasteiger charge is 2.49. The van der Waals surface area contributed by atoms with Crippen molar-refractivity contribution in [1.29, 1.82) is 0 Å². The molecule has 3 aliphatic rings. The van der Waals surface area contributed by atoms with Gasteiger partial charge in [0, 0.05) is 23.9 Å². The Bertz CT molecular complexity index is 775. The molecule has 3 unspecified atom stereocenters. The van der Waals surface area contributed by atoms with Crippen LogP contribution in [0.4, 0.5) is 0 Å². The van der Waals surface area contributed by atoms with Gasteiger partial charge in [0.25, 0.3) is 0 Å². The summed E-state index contributed by atoms with van der Waals surface area (Å²) >= 11 is 0. The van der Waals surface area contributed by atoms with E-state index in [0.717, 1.165) is 5.56 Å². The van der Waals surface area contributed by atoms with Gasteiger partial charge in [0.05, 0.1) is 26.2 Å². The van der Waals surface area contributed by atoms with Gasteiger partial charge >= 0.3 is 5.97 Å². The van der Waals surface area contributed by atoms with E-state index in [9.17, 15) is 9.90 Å². The number of methoxy groups -OCH3 is 1. The second kappa shape index (κ2) is 7.66. The maximum atomic E-state index is 12.4. The molecule has 160 valence electrons. The van der Waals surface area contributed by atoms with Crippen molar-refractivity contribution in [1.82, 2.24) is 4.90 Å². The lowest BCUT2D eigenvalue weighted by Gasteiger charge is -2.35. The number of benzene rings is 1. The first-order valence-electron chi connectivity index (χ1n) is 9.95. The first-order chi connectivity index (χ1) is 13.8. The van der Waals surface area contributed by atoms with Gasteiger partial charge in [-0.1, -0.05) is 13.8 Å². The van der Waals surface area contributed by atoms with Gasteiger partial charge in [-0.05, 0) is 31.2 Å². The minimum absolute atomic E-state index is 0.139. The van der Waals surface area contributed by atoms with Gasteiger partial charge in [0.1, 0.15) is 0 Å². The quantitative estimate of drug-likeness (QED) is 0.769. The van der Waals surface area contributed by atoms with E-state index in [1.165, 1.54) is 0 Å². The average Bonchev–Trinajstić information content (AvgIpc) is 3.41. The van der Waals surface area contributed by atoms with Crippen molar-refractivity contribution >= 4 is 5.97 Å². The zero-order valence-electron chi connectivity index (χ0n) is 17.3. The summed E-state index contributed by atoms with van der Waals surface area (Å²) in [6.45, 7) is 6.08. The second-order valence-corrected chi connectivity index (χ2v) is 8.70. The summed E-state index contributed by atoms with van der Waals surface area (Å²) in [6, 6.07) is 3.62. The molecule has 8 nitrogen and oxygen atoms in total. The third-order valence-corrected chi connectivity index (χ3v) is 6.29. The third kappa shape index (κ3) is 3.65. The SMILES string of the molecule is COc1cc(C2CN(C)C(CC(C)(C)C3OCCO3)C2C(=O)O)cc2c1OCO2. The van der Waals surface area contributed by atoms with Crippen molar-refractivity contribution in [3.63, 3.8) is 0 Å². The molecule has 1 aromatic rings. The van der Waals surface area contributed by atoms with Crippen LogP contribution in [0.3, 0.4) is 0 Å². The van der Waals surface area contributed by atoms with Crippen LogP contribution < -0.4 is 14.2 Å².